The van der Waals surface area contributed by atoms with Crippen LogP contribution in [0.1, 0.15) is 80.2 Å². The Labute approximate surface area is 341 Å². The summed E-state index contributed by atoms with van der Waals surface area (Å²) in [5.74, 6) is -2.81. The van der Waals surface area contributed by atoms with Gasteiger partial charge >= 0.3 is 5.97 Å². The molecular weight excluding hydrogens is 736 g/mol. The van der Waals surface area contributed by atoms with Gasteiger partial charge in [0, 0.05) is 32.0 Å². The molecular formula is C43H74N2O12. The molecule has 3 heterocycles. The van der Waals surface area contributed by atoms with E-state index in [1.807, 2.05) is 89.0 Å². The second kappa shape index (κ2) is 20.7. The van der Waals surface area contributed by atoms with E-state index in [1.54, 1.807) is 27.7 Å². The molecule has 14 nitrogen and oxygen atoms in total. The highest BCUT2D eigenvalue weighted by Crippen LogP contribution is 2.40. The Morgan fingerprint density at radius 1 is 0.930 bits per heavy atom. The maximum absolute atomic E-state index is 14.3. The number of ether oxygens (including phenoxy) is 7. The Morgan fingerprint density at radius 3 is 2.23 bits per heavy atom. The van der Waals surface area contributed by atoms with Crippen LogP contribution in [0.15, 0.2) is 30.3 Å². The number of carbonyl (C=O) groups excluding carboxylic acids is 1. The van der Waals surface area contributed by atoms with Crippen LogP contribution >= 0.6 is 0 Å². The molecule has 0 radical (unpaired) electrons. The molecule has 57 heavy (non-hydrogen) atoms. The second-order valence-electron chi connectivity index (χ2n) is 18.0. The summed E-state index contributed by atoms with van der Waals surface area (Å²) in [4.78, 5) is 18.2. The number of likely N-dealkylation sites (N-methyl/N-ethyl adjacent to an activating group) is 2. The molecule has 14 heteroatoms. The van der Waals surface area contributed by atoms with Crippen LogP contribution in [0.25, 0.3) is 0 Å². The third-order valence-corrected chi connectivity index (χ3v) is 12.8. The number of carbonyl (C=O) groups is 1. The molecule has 4 rings (SSSR count). The lowest BCUT2D eigenvalue weighted by Crippen LogP contribution is -2.60. The third kappa shape index (κ3) is 12.2. The van der Waals surface area contributed by atoms with Gasteiger partial charge in [-0.2, -0.15) is 0 Å². The highest BCUT2D eigenvalue weighted by atomic mass is 16.7. The average molecular weight is 811 g/mol. The van der Waals surface area contributed by atoms with Gasteiger partial charge in [-0.1, -0.05) is 51.1 Å². The first-order chi connectivity index (χ1) is 26.7. The monoisotopic (exact) mass is 811 g/mol. The van der Waals surface area contributed by atoms with E-state index in [0.717, 1.165) is 5.56 Å². The van der Waals surface area contributed by atoms with E-state index in [0.29, 0.717) is 19.6 Å². The lowest BCUT2D eigenvalue weighted by molar-refractivity contribution is -0.318. The third-order valence-electron chi connectivity index (χ3n) is 12.8. The van der Waals surface area contributed by atoms with Crippen molar-refractivity contribution in [1.29, 1.82) is 0 Å². The van der Waals surface area contributed by atoms with Crippen molar-refractivity contribution >= 4 is 5.97 Å². The maximum Gasteiger partial charge on any atom is 0.311 e. The molecule has 1 aromatic rings. The van der Waals surface area contributed by atoms with Crippen molar-refractivity contribution in [2.45, 2.75) is 160 Å². The standard InChI is InChI=1S/C43H74N2O12/c1-25-19-42(7,50)39(57-41-36(47)33(44(9)10)18-27(3)54-41)28(4)37(56-34-20-43(8,51-12)38(48)30(6)55-34)29(5)40(49)53-24-32(45(11)21-26(2)35(25)46)23-52-22-31-16-14-13-15-17-31/h13-17,25-30,32-39,41,46-48,50H,18-24H2,1-12H3/t25-,26-,27-,28+,29-,30+,32+,33+,34+,35+,36-,37+,38+,39-,41+,42+,43-/m1/s1. The number of cyclic esters (lactones) is 1. The van der Waals surface area contributed by atoms with Gasteiger partial charge in [-0.15, -0.1) is 0 Å². The summed E-state index contributed by atoms with van der Waals surface area (Å²) in [7, 11) is 7.23. The molecule has 0 spiro atoms. The molecule has 0 amide bonds. The zero-order chi connectivity index (χ0) is 42.4. The Hall–Kier alpha value is -1.79. The van der Waals surface area contributed by atoms with Gasteiger partial charge in [0.2, 0.25) is 0 Å². The smallest absolute Gasteiger partial charge is 0.311 e. The first-order valence-electron chi connectivity index (χ1n) is 20.8. The molecule has 3 aliphatic rings. The first-order valence-corrected chi connectivity index (χ1v) is 20.8. The van der Waals surface area contributed by atoms with Gasteiger partial charge in [0.1, 0.15) is 18.8 Å². The van der Waals surface area contributed by atoms with Crippen molar-refractivity contribution in [3.63, 3.8) is 0 Å². The highest BCUT2D eigenvalue weighted by molar-refractivity contribution is 5.72. The topological polar surface area (TPSA) is 169 Å². The van der Waals surface area contributed by atoms with Gasteiger partial charge < -0.3 is 58.5 Å². The van der Waals surface area contributed by atoms with Crippen LogP contribution in [-0.4, -0.2) is 163 Å². The van der Waals surface area contributed by atoms with E-state index in [9.17, 15) is 25.2 Å². The van der Waals surface area contributed by atoms with Gasteiger partial charge in [0.05, 0.1) is 66.9 Å². The lowest BCUT2D eigenvalue weighted by atomic mass is 9.76. The van der Waals surface area contributed by atoms with Crippen molar-refractivity contribution in [1.82, 2.24) is 9.80 Å². The van der Waals surface area contributed by atoms with Crippen molar-refractivity contribution in [2.75, 3.05) is 48.0 Å². The highest BCUT2D eigenvalue weighted by Gasteiger charge is 2.51. The van der Waals surface area contributed by atoms with Crippen LogP contribution in [-0.2, 0) is 44.6 Å². The Bertz CT molecular complexity index is 1370. The van der Waals surface area contributed by atoms with E-state index < -0.39 is 84.1 Å². The van der Waals surface area contributed by atoms with Crippen molar-refractivity contribution in [3.05, 3.63) is 35.9 Å². The SMILES string of the molecule is CO[C@]1(C)C[C@H](O[C@H]2[C@H](C)[C@@H](O[C@@H]3O[C@H](C)C[C@H](N(C)C)[C@H]3O)[C@@](C)(O)C[C@@H](C)[C@H](O)[C@H](C)CN(C)[C@@H](COCc3ccccc3)COC(=O)[C@@H]2C)O[C@@H](C)[C@@H]1O. The van der Waals surface area contributed by atoms with E-state index in [-0.39, 0.29) is 50.2 Å². The summed E-state index contributed by atoms with van der Waals surface area (Å²) in [6, 6.07) is 9.23. The molecule has 17 atom stereocenters. The number of hydrogen-bond acceptors (Lipinski definition) is 14. The minimum absolute atomic E-state index is 0.0163. The zero-order valence-corrected chi connectivity index (χ0v) is 36.4. The molecule has 1 aromatic carbocycles. The predicted octanol–water partition coefficient (Wildman–Crippen LogP) is 3.20. The number of rotatable bonds is 10. The van der Waals surface area contributed by atoms with Crippen LogP contribution < -0.4 is 0 Å². The Balaban J connectivity index is 1.74. The Morgan fingerprint density at radius 2 is 1.60 bits per heavy atom. The van der Waals surface area contributed by atoms with Crippen molar-refractivity contribution in [2.24, 2.45) is 23.7 Å². The number of benzene rings is 1. The maximum atomic E-state index is 14.3. The molecule has 3 saturated heterocycles. The van der Waals surface area contributed by atoms with Gasteiger partial charge in [0.15, 0.2) is 12.6 Å². The van der Waals surface area contributed by atoms with Crippen LogP contribution in [0.2, 0.25) is 0 Å². The van der Waals surface area contributed by atoms with E-state index >= 15 is 0 Å². The predicted molar refractivity (Wildman–Crippen MR) is 214 cm³/mol. The van der Waals surface area contributed by atoms with Gasteiger partial charge in [-0.3, -0.25) is 9.69 Å². The molecule has 328 valence electrons. The number of aliphatic hydroxyl groups is 4. The van der Waals surface area contributed by atoms with Crippen LogP contribution in [0.3, 0.4) is 0 Å². The molecule has 3 aliphatic heterocycles. The molecule has 0 saturated carbocycles. The summed E-state index contributed by atoms with van der Waals surface area (Å²) >= 11 is 0. The van der Waals surface area contributed by atoms with E-state index in [1.165, 1.54) is 7.11 Å². The van der Waals surface area contributed by atoms with Crippen LogP contribution in [0.4, 0.5) is 0 Å². The molecule has 4 N–H and O–H groups in total. The largest absolute Gasteiger partial charge is 0.464 e. The summed E-state index contributed by atoms with van der Waals surface area (Å²) in [6.45, 7) is 15.7. The molecule has 0 unspecified atom stereocenters. The zero-order valence-electron chi connectivity index (χ0n) is 36.4. The summed E-state index contributed by atoms with van der Waals surface area (Å²) < 4.78 is 43.9. The molecule has 0 aromatic heterocycles. The summed E-state index contributed by atoms with van der Waals surface area (Å²) in [6.07, 6.45) is -6.95. The average Bonchev–Trinajstić information content (AvgIpc) is 3.15. The number of aliphatic hydroxyl groups excluding tert-OH is 3. The molecule has 3 fully saturated rings. The number of nitrogens with zero attached hydrogens (tertiary/aromatic N) is 2. The molecule has 0 aliphatic carbocycles. The van der Waals surface area contributed by atoms with Gasteiger partial charge in [-0.25, -0.2) is 0 Å². The molecule has 0 bridgehead atoms. The van der Waals surface area contributed by atoms with Crippen molar-refractivity contribution < 1.29 is 58.4 Å². The van der Waals surface area contributed by atoms with Crippen molar-refractivity contribution in [3.8, 4) is 0 Å². The fraction of sp³-hybridized carbons (Fsp3) is 0.837. The van der Waals surface area contributed by atoms with Gasteiger partial charge in [-0.05, 0) is 86.0 Å². The minimum Gasteiger partial charge on any atom is -0.464 e. The number of hydrogen-bond donors (Lipinski definition) is 4. The normalized spacial score (nSPS) is 43.6. The lowest BCUT2D eigenvalue weighted by Gasteiger charge is -2.49. The fourth-order valence-electron chi connectivity index (χ4n) is 9.07. The number of esters is 1. The van der Waals surface area contributed by atoms with Crippen LogP contribution in [0, 0.1) is 23.7 Å². The van der Waals surface area contributed by atoms with E-state index in [2.05, 4.69) is 0 Å². The summed E-state index contributed by atoms with van der Waals surface area (Å²) in [5.41, 5.74) is -1.61. The second-order valence-corrected chi connectivity index (χ2v) is 18.0. The van der Waals surface area contributed by atoms with Gasteiger partial charge in [0.25, 0.3) is 0 Å². The van der Waals surface area contributed by atoms with Crippen LogP contribution in [0.5, 0.6) is 0 Å². The summed E-state index contributed by atoms with van der Waals surface area (Å²) in [5, 5.41) is 46.9. The number of methoxy groups -OCH3 is 1. The van der Waals surface area contributed by atoms with E-state index in [4.69, 9.17) is 33.2 Å². The fourth-order valence-corrected chi connectivity index (χ4v) is 9.07. The Kier molecular flexibility index (Phi) is 17.3. The minimum atomic E-state index is -1.63. The quantitative estimate of drug-likeness (QED) is 0.254. The first kappa shape index (κ1) is 47.9.